The van der Waals surface area contributed by atoms with E-state index in [0.717, 1.165) is 21.0 Å². The lowest BCUT2D eigenvalue weighted by molar-refractivity contribution is -0.114. The van der Waals surface area contributed by atoms with E-state index in [9.17, 15) is 13.2 Å². The molecule has 168 valence electrons. The van der Waals surface area contributed by atoms with E-state index in [1.54, 1.807) is 55.5 Å². The number of carbonyl (C=O) groups is 1. The Kier molecular flexibility index (Phi) is 7.11. The molecule has 0 aromatic heterocycles. The summed E-state index contributed by atoms with van der Waals surface area (Å²) in [4.78, 5) is 12.9. The fourth-order valence-electron chi connectivity index (χ4n) is 3.18. The van der Waals surface area contributed by atoms with Gasteiger partial charge < -0.3 is 10.1 Å². The predicted molar refractivity (Wildman–Crippen MR) is 128 cm³/mol. The van der Waals surface area contributed by atoms with Crippen molar-refractivity contribution in [2.45, 2.75) is 25.7 Å². The number of amides is 1. The zero-order chi connectivity index (χ0) is 23.5. The number of ether oxygens (including phenoxy) is 1. The Morgan fingerprint density at radius 2 is 1.72 bits per heavy atom. The summed E-state index contributed by atoms with van der Waals surface area (Å²) in [6, 6.07) is 16.9. The maximum atomic E-state index is 13.8. The molecule has 3 aromatic rings. The minimum Gasteiger partial charge on any atom is -0.495 e. The van der Waals surface area contributed by atoms with Crippen LogP contribution in [0.2, 0.25) is 5.02 Å². The quantitative estimate of drug-likeness (QED) is 0.518. The highest BCUT2D eigenvalue weighted by molar-refractivity contribution is 7.93. The summed E-state index contributed by atoms with van der Waals surface area (Å²) in [7, 11) is -2.72. The molecule has 6 nitrogen and oxygen atoms in total. The van der Waals surface area contributed by atoms with Crippen molar-refractivity contribution in [1.29, 1.82) is 0 Å². The Morgan fingerprint density at radius 3 is 2.38 bits per heavy atom. The number of anilines is 2. The van der Waals surface area contributed by atoms with Crippen LogP contribution in [0.3, 0.4) is 0 Å². The molecule has 0 heterocycles. The first-order valence-electron chi connectivity index (χ1n) is 9.92. The van der Waals surface area contributed by atoms with Crippen LogP contribution < -0.4 is 14.4 Å². The number of halogens is 1. The van der Waals surface area contributed by atoms with Gasteiger partial charge in [0.2, 0.25) is 5.91 Å². The zero-order valence-corrected chi connectivity index (χ0v) is 19.9. The molecule has 0 atom stereocenters. The van der Waals surface area contributed by atoms with Crippen LogP contribution in [-0.2, 0) is 14.8 Å². The Bertz CT molecular complexity index is 1260. The summed E-state index contributed by atoms with van der Waals surface area (Å²) in [5.74, 6) is -0.317. The molecule has 0 aliphatic heterocycles. The molecule has 0 saturated heterocycles. The SMILES string of the molecule is COc1ccc(C)cc1S(=O)(=O)N(CC(=O)Nc1ccccc1Cl)c1ccc(C)c(C)c1. The number of nitrogens with one attached hydrogen (secondary N) is 1. The predicted octanol–water partition coefficient (Wildman–Crippen LogP) is 5.11. The van der Waals surface area contributed by atoms with E-state index in [-0.39, 0.29) is 10.6 Å². The third-order valence-electron chi connectivity index (χ3n) is 5.10. The zero-order valence-electron chi connectivity index (χ0n) is 18.3. The number of sulfonamides is 1. The van der Waals surface area contributed by atoms with Gasteiger partial charge >= 0.3 is 0 Å². The van der Waals surface area contributed by atoms with Crippen LogP contribution in [0.15, 0.2) is 65.6 Å². The van der Waals surface area contributed by atoms with Gasteiger partial charge in [-0.15, -0.1) is 0 Å². The molecule has 0 saturated carbocycles. The standard InChI is InChI=1S/C24H25ClN2O4S/c1-16-9-12-22(31-4)23(13-16)32(29,30)27(19-11-10-17(2)18(3)14-19)15-24(28)26-21-8-6-5-7-20(21)25/h5-14H,15H2,1-4H3,(H,26,28). The van der Waals surface area contributed by atoms with E-state index in [1.807, 2.05) is 19.9 Å². The first-order chi connectivity index (χ1) is 15.1. The number of hydrogen-bond donors (Lipinski definition) is 1. The van der Waals surface area contributed by atoms with Gasteiger partial charge in [0.05, 0.1) is 23.5 Å². The molecule has 0 aliphatic rings. The molecule has 3 rings (SSSR count). The van der Waals surface area contributed by atoms with E-state index in [2.05, 4.69) is 5.32 Å². The second kappa shape index (κ2) is 9.63. The molecule has 8 heteroatoms. The largest absolute Gasteiger partial charge is 0.495 e. The summed E-state index contributed by atoms with van der Waals surface area (Å²) < 4.78 is 33.9. The second-order valence-electron chi connectivity index (χ2n) is 7.46. The van der Waals surface area contributed by atoms with Gasteiger partial charge in [0.1, 0.15) is 17.2 Å². The number of methoxy groups -OCH3 is 1. The van der Waals surface area contributed by atoms with Crippen molar-refractivity contribution in [3.63, 3.8) is 0 Å². The maximum Gasteiger partial charge on any atom is 0.268 e. The van der Waals surface area contributed by atoms with Crippen molar-refractivity contribution in [2.75, 3.05) is 23.3 Å². The summed E-state index contributed by atoms with van der Waals surface area (Å²) >= 11 is 6.14. The molecule has 0 aliphatic carbocycles. The molecule has 32 heavy (non-hydrogen) atoms. The average Bonchev–Trinajstić information content (AvgIpc) is 2.75. The molecular weight excluding hydrogens is 448 g/mol. The minimum atomic E-state index is -4.13. The first-order valence-corrected chi connectivity index (χ1v) is 11.7. The summed E-state index contributed by atoms with van der Waals surface area (Å²) in [5, 5.41) is 3.05. The number of rotatable bonds is 7. The molecule has 1 amide bonds. The Hall–Kier alpha value is -3.03. The van der Waals surface area contributed by atoms with E-state index in [4.69, 9.17) is 16.3 Å². The molecule has 1 N–H and O–H groups in total. The van der Waals surface area contributed by atoms with Crippen LogP contribution >= 0.6 is 11.6 Å². The first kappa shape index (κ1) is 23.6. The smallest absolute Gasteiger partial charge is 0.268 e. The molecule has 0 spiro atoms. The lowest BCUT2D eigenvalue weighted by atomic mass is 10.1. The molecule has 3 aromatic carbocycles. The van der Waals surface area contributed by atoms with Gasteiger partial charge in [0.25, 0.3) is 10.0 Å². The van der Waals surface area contributed by atoms with Gasteiger partial charge in [-0.1, -0.05) is 35.9 Å². The van der Waals surface area contributed by atoms with E-state index in [1.165, 1.54) is 13.2 Å². The van der Waals surface area contributed by atoms with Crippen molar-refractivity contribution in [2.24, 2.45) is 0 Å². The number of nitrogens with zero attached hydrogens (tertiary/aromatic N) is 1. The summed E-state index contributed by atoms with van der Waals surface area (Å²) in [5.41, 5.74) is 3.46. The fourth-order valence-corrected chi connectivity index (χ4v) is 5.02. The van der Waals surface area contributed by atoms with Gasteiger partial charge in [-0.3, -0.25) is 9.10 Å². The van der Waals surface area contributed by atoms with Gasteiger partial charge in [0.15, 0.2) is 0 Å². The molecule has 0 unspecified atom stereocenters. The van der Waals surface area contributed by atoms with Crippen LogP contribution in [0.25, 0.3) is 0 Å². The summed E-state index contributed by atoms with van der Waals surface area (Å²) in [6.07, 6.45) is 0. The second-order valence-corrected chi connectivity index (χ2v) is 9.70. The number of hydrogen-bond acceptors (Lipinski definition) is 4. The number of aryl methyl sites for hydroxylation is 3. The monoisotopic (exact) mass is 472 g/mol. The van der Waals surface area contributed by atoms with Crippen molar-refractivity contribution in [1.82, 2.24) is 0 Å². The van der Waals surface area contributed by atoms with Crippen molar-refractivity contribution in [3.8, 4) is 5.75 Å². The van der Waals surface area contributed by atoms with E-state index in [0.29, 0.717) is 16.4 Å². The average molecular weight is 473 g/mol. The third-order valence-corrected chi connectivity index (χ3v) is 7.23. The minimum absolute atomic E-state index is 0.0104. The number of carbonyl (C=O) groups excluding carboxylic acids is 1. The van der Waals surface area contributed by atoms with Gasteiger partial charge in [-0.05, 0) is 73.9 Å². The highest BCUT2D eigenvalue weighted by Gasteiger charge is 2.30. The van der Waals surface area contributed by atoms with Crippen LogP contribution in [0.1, 0.15) is 16.7 Å². The lowest BCUT2D eigenvalue weighted by Crippen LogP contribution is -2.38. The van der Waals surface area contributed by atoms with Gasteiger partial charge in [0, 0.05) is 0 Å². The Balaban J connectivity index is 2.06. The third kappa shape index (κ3) is 5.06. The summed E-state index contributed by atoms with van der Waals surface area (Å²) in [6.45, 7) is 5.18. The van der Waals surface area contributed by atoms with Gasteiger partial charge in [-0.25, -0.2) is 8.42 Å². The number of para-hydroxylation sites is 1. The molecule has 0 fully saturated rings. The van der Waals surface area contributed by atoms with Crippen LogP contribution in [0.4, 0.5) is 11.4 Å². The van der Waals surface area contributed by atoms with Crippen LogP contribution in [0, 0.1) is 20.8 Å². The fraction of sp³-hybridized carbons (Fsp3) is 0.208. The van der Waals surface area contributed by atoms with Crippen LogP contribution in [-0.4, -0.2) is 28.0 Å². The van der Waals surface area contributed by atoms with Gasteiger partial charge in [-0.2, -0.15) is 0 Å². The maximum absolute atomic E-state index is 13.8. The van der Waals surface area contributed by atoms with E-state index < -0.39 is 22.5 Å². The van der Waals surface area contributed by atoms with E-state index >= 15 is 0 Å². The Morgan fingerprint density at radius 1 is 1.00 bits per heavy atom. The molecule has 0 bridgehead atoms. The topological polar surface area (TPSA) is 75.7 Å². The van der Waals surface area contributed by atoms with Crippen molar-refractivity contribution >= 4 is 38.9 Å². The Labute approximate surface area is 193 Å². The molecule has 0 radical (unpaired) electrons. The highest BCUT2D eigenvalue weighted by atomic mass is 35.5. The van der Waals surface area contributed by atoms with Crippen molar-refractivity contribution in [3.05, 3.63) is 82.4 Å². The number of benzene rings is 3. The molecular formula is C24H25ClN2O4S. The lowest BCUT2D eigenvalue weighted by Gasteiger charge is -2.26. The normalized spacial score (nSPS) is 11.2. The van der Waals surface area contributed by atoms with Crippen molar-refractivity contribution < 1.29 is 17.9 Å². The van der Waals surface area contributed by atoms with Crippen LogP contribution in [0.5, 0.6) is 5.75 Å². The highest BCUT2D eigenvalue weighted by Crippen LogP contribution is 2.32.